The molecule has 2 aromatic rings. The fourth-order valence-corrected chi connectivity index (χ4v) is 4.62. The van der Waals surface area contributed by atoms with Crippen molar-refractivity contribution in [3.05, 3.63) is 66.0 Å². The van der Waals surface area contributed by atoms with E-state index >= 15 is 0 Å². The van der Waals surface area contributed by atoms with Gasteiger partial charge < -0.3 is 4.74 Å². The lowest BCUT2D eigenvalue weighted by molar-refractivity contribution is -0.0655. The van der Waals surface area contributed by atoms with Gasteiger partial charge in [-0.1, -0.05) is 30.3 Å². The molecule has 1 atom stereocenters. The van der Waals surface area contributed by atoms with Crippen molar-refractivity contribution in [2.45, 2.75) is 30.4 Å². The Morgan fingerprint density at radius 3 is 2.33 bits per heavy atom. The molecule has 0 amide bonds. The van der Waals surface area contributed by atoms with Gasteiger partial charge in [-0.3, -0.25) is 0 Å². The Hall–Kier alpha value is -1.76. The minimum Gasteiger partial charge on any atom is -0.370 e. The Kier molecular flexibility index (Phi) is 4.46. The minimum absolute atomic E-state index is 0.0886. The highest BCUT2D eigenvalue weighted by atomic mass is 32.2. The van der Waals surface area contributed by atoms with Crippen molar-refractivity contribution in [1.82, 2.24) is 4.31 Å². The Balaban J connectivity index is 1.95. The van der Waals surface area contributed by atoms with Crippen molar-refractivity contribution in [2.75, 3.05) is 13.2 Å². The van der Waals surface area contributed by atoms with Gasteiger partial charge in [-0.2, -0.15) is 4.31 Å². The number of rotatable bonds is 3. The molecule has 24 heavy (non-hydrogen) atoms. The van der Waals surface area contributed by atoms with Crippen molar-refractivity contribution >= 4 is 10.0 Å². The van der Waals surface area contributed by atoms with Gasteiger partial charge in [0, 0.05) is 6.54 Å². The van der Waals surface area contributed by atoms with Crippen LogP contribution in [0.3, 0.4) is 0 Å². The molecule has 128 valence electrons. The summed E-state index contributed by atoms with van der Waals surface area (Å²) in [6, 6.07) is 14.5. The number of hydrogen-bond donors (Lipinski definition) is 0. The highest BCUT2D eigenvalue weighted by Gasteiger charge is 2.43. The molecule has 0 spiro atoms. The lowest BCUT2D eigenvalue weighted by Crippen LogP contribution is -2.56. The minimum atomic E-state index is -3.74. The van der Waals surface area contributed by atoms with Gasteiger partial charge in [-0.15, -0.1) is 0 Å². The average molecular weight is 349 g/mol. The van der Waals surface area contributed by atoms with Gasteiger partial charge in [0.25, 0.3) is 0 Å². The molecule has 0 saturated carbocycles. The normalized spacial score (nSPS) is 21.5. The maximum absolute atomic E-state index is 13.1. The predicted octanol–water partition coefficient (Wildman–Crippen LogP) is 3.37. The van der Waals surface area contributed by atoms with Crippen LogP contribution in [0.1, 0.15) is 25.5 Å². The molecular formula is C18H20FNO3S. The van der Waals surface area contributed by atoms with Crippen molar-refractivity contribution in [1.29, 1.82) is 0 Å². The van der Waals surface area contributed by atoms with E-state index in [9.17, 15) is 12.8 Å². The largest absolute Gasteiger partial charge is 0.370 e. The van der Waals surface area contributed by atoms with E-state index in [0.717, 1.165) is 17.7 Å². The molecule has 1 heterocycles. The molecule has 1 unspecified atom stereocenters. The van der Waals surface area contributed by atoms with Crippen molar-refractivity contribution < 1.29 is 17.5 Å². The van der Waals surface area contributed by atoms with E-state index in [1.54, 1.807) is 0 Å². The zero-order valence-corrected chi connectivity index (χ0v) is 14.5. The van der Waals surface area contributed by atoms with E-state index in [-0.39, 0.29) is 24.2 Å². The van der Waals surface area contributed by atoms with Crippen LogP contribution in [0.15, 0.2) is 59.5 Å². The molecule has 1 aliphatic rings. The molecular weight excluding hydrogens is 329 g/mol. The number of halogens is 1. The zero-order chi connectivity index (χ0) is 17.4. The predicted molar refractivity (Wildman–Crippen MR) is 89.5 cm³/mol. The maximum Gasteiger partial charge on any atom is 0.243 e. The molecule has 0 N–H and O–H groups in total. The van der Waals surface area contributed by atoms with E-state index in [1.165, 1.54) is 16.4 Å². The molecule has 1 aliphatic heterocycles. The van der Waals surface area contributed by atoms with Crippen LogP contribution >= 0.6 is 0 Å². The van der Waals surface area contributed by atoms with Gasteiger partial charge >= 0.3 is 0 Å². The maximum atomic E-state index is 13.1. The quantitative estimate of drug-likeness (QED) is 0.854. The third kappa shape index (κ3) is 3.22. The SMILES string of the molecule is CC1(C)COC(c2ccccc2)CN1S(=O)(=O)c1ccc(F)cc1. The van der Waals surface area contributed by atoms with Crippen molar-refractivity contribution in [3.63, 3.8) is 0 Å². The van der Waals surface area contributed by atoms with Crippen LogP contribution in [-0.2, 0) is 14.8 Å². The van der Waals surface area contributed by atoms with E-state index in [1.807, 2.05) is 44.2 Å². The molecule has 2 aromatic carbocycles. The van der Waals surface area contributed by atoms with Gasteiger partial charge in [-0.25, -0.2) is 12.8 Å². The molecule has 0 radical (unpaired) electrons. The third-order valence-corrected chi connectivity index (χ3v) is 6.31. The summed E-state index contributed by atoms with van der Waals surface area (Å²) in [6.45, 7) is 4.16. The van der Waals surface area contributed by atoms with E-state index < -0.39 is 21.4 Å². The molecule has 6 heteroatoms. The average Bonchev–Trinajstić information content (AvgIpc) is 2.55. The Bertz CT molecular complexity index is 804. The Labute approximate surface area is 141 Å². The second-order valence-corrected chi connectivity index (χ2v) is 8.38. The Morgan fingerprint density at radius 1 is 1.08 bits per heavy atom. The van der Waals surface area contributed by atoms with Gasteiger partial charge in [0.15, 0.2) is 0 Å². The first kappa shape index (κ1) is 17.1. The molecule has 0 aromatic heterocycles. The molecule has 0 bridgehead atoms. The van der Waals surface area contributed by atoms with E-state index in [0.29, 0.717) is 0 Å². The van der Waals surface area contributed by atoms with E-state index in [2.05, 4.69) is 0 Å². The smallest absolute Gasteiger partial charge is 0.243 e. The van der Waals surface area contributed by atoms with Crippen LogP contribution in [0.5, 0.6) is 0 Å². The van der Waals surface area contributed by atoms with Crippen LogP contribution in [0.25, 0.3) is 0 Å². The molecule has 0 aliphatic carbocycles. The summed E-state index contributed by atoms with van der Waals surface area (Å²) < 4.78 is 46.5. The lowest BCUT2D eigenvalue weighted by Gasteiger charge is -2.44. The van der Waals surface area contributed by atoms with Gasteiger partial charge in [-0.05, 0) is 43.7 Å². The van der Waals surface area contributed by atoms with Crippen LogP contribution in [0, 0.1) is 5.82 Å². The van der Waals surface area contributed by atoms with Gasteiger partial charge in [0.05, 0.1) is 23.1 Å². The number of nitrogens with zero attached hydrogens (tertiary/aromatic N) is 1. The Morgan fingerprint density at radius 2 is 1.71 bits per heavy atom. The fraction of sp³-hybridized carbons (Fsp3) is 0.333. The number of morpholine rings is 1. The van der Waals surface area contributed by atoms with Crippen molar-refractivity contribution in [3.8, 4) is 0 Å². The monoisotopic (exact) mass is 349 g/mol. The molecule has 3 rings (SSSR count). The summed E-state index contributed by atoms with van der Waals surface area (Å²) in [5, 5.41) is 0. The first-order valence-electron chi connectivity index (χ1n) is 7.76. The van der Waals surface area contributed by atoms with E-state index in [4.69, 9.17) is 4.74 Å². The summed E-state index contributed by atoms with van der Waals surface area (Å²) in [5.41, 5.74) is 0.255. The topological polar surface area (TPSA) is 46.6 Å². The van der Waals surface area contributed by atoms with Crippen LogP contribution in [0.4, 0.5) is 4.39 Å². The standard InChI is InChI=1S/C18H20FNO3S/c1-18(2)13-23-17(14-6-4-3-5-7-14)12-20(18)24(21,22)16-10-8-15(19)9-11-16/h3-11,17H,12-13H2,1-2H3. The molecule has 1 fully saturated rings. The van der Waals surface area contributed by atoms with Crippen LogP contribution < -0.4 is 0 Å². The number of hydrogen-bond acceptors (Lipinski definition) is 3. The summed E-state index contributed by atoms with van der Waals surface area (Å²) in [6.07, 6.45) is -0.325. The lowest BCUT2D eigenvalue weighted by atomic mass is 10.0. The number of ether oxygens (including phenoxy) is 1. The van der Waals surface area contributed by atoms with Gasteiger partial charge in [0.2, 0.25) is 10.0 Å². The summed E-state index contributed by atoms with van der Waals surface area (Å²) in [4.78, 5) is 0.0886. The zero-order valence-electron chi connectivity index (χ0n) is 13.6. The fourth-order valence-electron chi connectivity index (χ4n) is 2.85. The second-order valence-electron chi connectivity index (χ2n) is 6.51. The highest BCUT2D eigenvalue weighted by Crippen LogP contribution is 2.34. The first-order chi connectivity index (χ1) is 11.3. The highest BCUT2D eigenvalue weighted by molar-refractivity contribution is 7.89. The second kappa shape index (κ2) is 6.27. The number of benzene rings is 2. The molecule has 4 nitrogen and oxygen atoms in total. The summed E-state index contributed by atoms with van der Waals surface area (Å²) in [7, 11) is -3.74. The summed E-state index contributed by atoms with van der Waals surface area (Å²) >= 11 is 0. The third-order valence-electron chi connectivity index (χ3n) is 4.22. The van der Waals surface area contributed by atoms with Crippen molar-refractivity contribution in [2.24, 2.45) is 0 Å². The first-order valence-corrected chi connectivity index (χ1v) is 9.20. The number of sulfonamides is 1. The van der Waals surface area contributed by atoms with Gasteiger partial charge in [0.1, 0.15) is 5.82 Å². The summed E-state index contributed by atoms with van der Waals surface area (Å²) in [5.74, 6) is -0.461. The molecule has 1 saturated heterocycles. The van der Waals surface area contributed by atoms with Crippen LogP contribution in [0.2, 0.25) is 0 Å². The van der Waals surface area contributed by atoms with Crippen LogP contribution in [-0.4, -0.2) is 31.4 Å².